The lowest BCUT2D eigenvalue weighted by atomic mass is 10.2. The van der Waals surface area contributed by atoms with E-state index in [2.05, 4.69) is 15.2 Å². The molecule has 0 unspecified atom stereocenters. The molecule has 0 saturated carbocycles. The van der Waals surface area contributed by atoms with Crippen LogP contribution in [0.4, 0.5) is 0 Å². The van der Waals surface area contributed by atoms with Crippen LogP contribution in [0.2, 0.25) is 0 Å². The smallest absolute Gasteiger partial charge is 0.273 e. The Morgan fingerprint density at radius 2 is 1.88 bits per heavy atom. The highest BCUT2D eigenvalue weighted by Gasteiger charge is 2.24. The lowest BCUT2D eigenvalue weighted by Crippen LogP contribution is -2.51. The average Bonchev–Trinajstić information content (AvgIpc) is 3.17. The maximum atomic E-state index is 12.7. The Labute approximate surface area is 157 Å². The zero-order valence-corrected chi connectivity index (χ0v) is 15.8. The molecule has 7 heteroatoms. The molecule has 1 saturated heterocycles. The second-order valence-corrected chi connectivity index (χ2v) is 7.18. The highest BCUT2D eigenvalue weighted by atomic mass is 32.1. The molecule has 3 rings (SSSR count). The molecule has 26 heavy (non-hydrogen) atoms. The number of amides is 2. The molecule has 1 aliphatic heterocycles. The number of hydrogen-bond donors (Lipinski definition) is 1. The number of carbonyl (C=O) groups is 2. The van der Waals surface area contributed by atoms with E-state index in [1.807, 2.05) is 47.5 Å². The van der Waals surface area contributed by atoms with E-state index >= 15 is 0 Å². The van der Waals surface area contributed by atoms with Crippen molar-refractivity contribution in [2.75, 3.05) is 39.3 Å². The monoisotopic (exact) mass is 372 g/mol. The molecule has 1 aromatic carbocycles. The fourth-order valence-corrected chi connectivity index (χ4v) is 3.68. The summed E-state index contributed by atoms with van der Waals surface area (Å²) in [6.45, 7) is 5.81. The second kappa shape index (κ2) is 8.91. The van der Waals surface area contributed by atoms with Gasteiger partial charge in [-0.15, -0.1) is 11.3 Å². The van der Waals surface area contributed by atoms with Crippen LogP contribution in [0.5, 0.6) is 0 Å². The fraction of sp³-hybridized carbons (Fsp3) is 0.421. The lowest BCUT2D eigenvalue weighted by Gasteiger charge is -2.33. The summed E-state index contributed by atoms with van der Waals surface area (Å²) in [7, 11) is 0. The van der Waals surface area contributed by atoms with Gasteiger partial charge in [0, 0.05) is 43.7 Å². The van der Waals surface area contributed by atoms with Crippen LogP contribution in [0.15, 0.2) is 35.7 Å². The van der Waals surface area contributed by atoms with Gasteiger partial charge < -0.3 is 10.2 Å². The molecule has 2 amide bonds. The van der Waals surface area contributed by atoms with Crippen molar-refractivity contribution in [1.29, 1.82) is 0 Å². The van der Waals surface area contributed by atoms with Gasteiger partial charge in [0.1, 0.15) is 10.7 Å². The minimum Gasteiger partial charge on any atom is -0.355 e. The summed E-state index contributed by atoms with van der Waals surface area (Å²) in [6, 6.07) is 9.89. The van der Waals surface area contributed by atoms with E-state index in [4.69, 9.17) is 0 Å². The van der Waals surface area contributed by atoms with Gasteiger partial charge in [-0.3, -0.25) is 14.5 Å². The Balaban J connectivity index is 1.53. The van der Waals surface area contributed by atoms with Crippen LogP contribution in [0, 0.1) is 0 Å². The standard InChI is InChI=1S/C19H24N4O2S/c1-2-8-20-17(24)13-22-9-11-23(12-10-22)19(25)16-14-26-18(21-16)15-6-4-3-5-7-15/h3-7,14H,2,8-13H2,1H3,(H,20,24). The molecule has 0 aliphatic carbocycles. The predicted molar refractivity (Wildman–Crippen MR) is 103 cm³/mol. The number of carbonyl (C=O) groups excluding carboxylic acids is 2. The van der Waals surface area contributed by atoms with E-state index in [1.165, 1.54) is 11.3 Å². The van der Waals surface area contributed by atoms with Crippen molar-refractivity contribution in [3.8, 4) is 10.6 Å². The summed E-state index contributed by atoms with van der Waals surface area (Å²) in [6.07, 6.45) is 0.937. The highest BCUT2D eigenvalue weighted by Crippen LogP contribution is 2.24. The minimum atomic E-state index is -0.0292. The number of nitrogens with zero attached hydrogens (tertiary/aromatic N) is 3. The first-order valence-electron chi connectivity index (χ1n) is 8.96. The van der Waals surface area contributed by atoms with Gasteiger partial charge in [-0.25, -0.2) is 4.98 Å². The first-order valence-corrected chi connectivity index (χ1v) is 9.84. The number of nitrogens with one attached hydrogen (secondary N) is 1. The Hall–Kier alpha value is -2.25. The highest BCUT2D eigenvalue weighted by molar-refractivity contribution is 7.13. The van der Waals surface area contributed by atoms with Crippen molar-refractivity contribution in [1.82, 2.24) is 20.1 Å². The summed E-state index contributed by atoms with van der Waals surface area (Å²) in [5.41, 5.74) is 1.53. The van der Waals surface area contributed by atoms with Gasteiger partial charge in [-0.1, -0.05) is 37.3 Å². The molecule has 6 nitrogen and oxygen atoms in total. The number of hydrogen-bond acceptors (Lipinski definition) is 5. The molecule has 1 aliphatic rings. The third-order valence-corrected chi connectivity index (χ3v) is 5.23. The van der Waals surface area contributed by atoms with E-state index in [0.29, 0.717) is 45.0 Å². The van der Waals surface area contributed by atoms with Crippen LogP contribution in [0.25, 0.3) is 10.6 Å². The molecule has 1 N–H and O–H groups in total. The average molecular weight is 372 g/mol. The van der Waals surface area contributed by atoms with Crippen LogP contribution < -0.4 is 5.32 Å². The molecule has 2 aromatic rings. The van der Waals surface area contributed by atoms with Gasteiger partial charge in [0.2, 0.25) is 5.91 Å². The molecule has 1 aromatic heterocycles. The van der Waals surface area contributed by atoms with Gasteiger partial charge in [0.25, 0.3) is 5.91 Å². The maximum Gasteiger partial charge on any atom is 0.273 e. The first-order chi connectivity index (χ1) is 12.7. The van der Waals surface area contributed by atoms with E-state index < -0.39 is 0 Å². The van der Waals surface area contributed by atoms with Gasteiger partial charge in [-0.2, -0.15) is 0 Å². The Morgan fingerprint density at radius 3 is 2.58 bits per heavy atom. The zero-order valence-electron chi connectivity index (χ0n) is 15.0. The summed E-state index contributed by atoms with van der Waals surface area (Å²) in [5.74, 6) is 0.0251. The molecular weight excluding hydrogens is 348 g/mol. The molecule has 0 radical (unpaired) electrons. The third kappa shape index (κ3) is 4.68. The molecule has 2 heterocycles. The molecule has 0 spiro atoms. The van der Waals surface area contributed by atoms with Crippen molar-refractivity contribution in [2.24, 2.45) is 0 Å². The summed E-state index contributed by atoms with van der Waals surface area (Å²) >= 11 is 1.49. The van der Waals surface area contributed by atoms with Gasteiger partial charge in [0.05, 0.1) is 6.54 Å². The molecular formula is C19H24N4O2S. The maximum absolute atomic E-state index is 12.7. The molecule has 1 fully saturated rings. The second-order valence-electron chi connectivity index (χ2n) is 6.32. The predicted octanol–water partition coefficient (Wildman–Crippen LogP) is 2.09. The number of rotatable bonds is 6. The van der Waals surface area contributed by atoms with Crippen molar-refractivity contribution >= 4 is 23.2 Å². The van der Waals surface area contributed by atoms with Crippen LogP contribution >= 0.6 is 11.3 Å². The van der Waals surface area contributed by atoms with Crippen molar-refractivity contribution < 1.29 is 9.59 Å². The Morgan fingerprint density at radius 1 is 1.15 bits per heavy atom. The number of benzene rings is 1. The fourth-order valence-electron chi connectivity index (χ4n) is 2.88. The molecule has 0 atom stereocenters. The van der Waals surface area contributed by atoms with Gasteiger partial charge >= 0.3 is 0 Å². The zero-order chi connectivity index (χ0) is 18.4. The lowest BCUT2D eigenvalue weighted by molar-refractivity contribution is -0.122. The largest absolute Gasteiger partial charge is 0.355 e. The number of aromatic nitrogens is 1. The SMILES string of the molecule is CCCNC(=O)CN1CCN(C(=O)c2csc(-c3ccccc3)n2)CC1. The molecule has 0 bridgehead atoms. The quantitative estimate of drug-likeness (QED) is 0.843. The Bertz CT molecular complexity index is 739. The summed E-state index contributed by atoms with van der Waals surface area (Å²) in [5, 5.41) is 5.58. The van der Waals surface area contributed by atoms with E-state index in [-0.39, 0.29) is 11.8 Å². The van der Waals surface area contributed by atoms with Crippen LogP contribution in [-0.2, 0) is 4.79 Å². The number of piperazine rings is 1. The van der Waals surface area contributed by atoms with Crippen molar-refractivity contribution in [3.63, 3.8) is 0 Å². The van der Waals surface area contributed by atoms with Crippen LogP contribution in [-0.4, -0.2) is 65.9 Å². The van der Waals surface area contributed by atoms with Crippen molar-refractivity contribution in [3.05, 3.63) is 41.4 Å². The normalized spacial score (nSPS) is 15.0. The van der Waals surface area contributed by atoms with Crippen molar-refractivity contribution in [2.45, 2.75) is 13.3 Å². The first kappa shape index (κ1) is 18.5. The third-order valence-electron chi connectivity index (χ3n) is 4.34. The van der Waals surface area contributed by atoms with Gasteiger partial charge in [0.15, 0.2) is 0 Å². The number of thiazole rings is 1. The summed E-state index contributed by atoms with van der Waals surface area (Å²) < 4.78 is 0. The minimum absolute atomic E-state index is 0.0292. The van der Waals surface area contributed by atoms with Crippen LogP contribution in [0.3, 0.4) is 0 Å². The Kier molecular flexibility index (Phi) is 6.35. The van der Waals surface area contributed by atoms with E-state index in [1.54, 1.807) is 0 Å². The van der Waals surface area contributed by atoms with E-state index in [0.717, 1.165) is 17.0 Å². The molecule has 138 valence electrons. The van der Waals surface area contributed by atoms with Crippen LogP contribution in [0.1, 0.15) is 23.8 Å². The van der Waals surface area contributed by atoms with E-state index in [9.17, 15) is 9.59 Å². The summed E-state index contributed by atoms with van der Waals surface area (Å²) in [4.78, 5) is 32.9. The topological polar surface area (TPSA) is 65.5 Å². The van der Waals surface area contributed by atoms with Gasteiger partial charge in [-0.05, 0) is 6.42 Å².